The third kappa shape index (κ3) is 5.73. The lowest BCUT2D eigenvalue weighted by atomic mass is 9.43. The molecule has 3 aliphatic heterocycles. The SMILES string of the molecule is C[C@@]12CC[C@@H](O[C@H]3O[C@@H](CO)[C@@H](O)[C@@H](O)[C@H]3O[C@H]3O[C@@H](CO)[C@@H](O)[C@@H](O)[C@H]3O)C[C@@H]1CC[C@@H]1[C@@H]2CC[C@@]2(C)/C(=C3\COC(=O)C3)CC[C@]12O. The van der Waals surface area contributed by atoms with Crippen molar-refractivity contribution >= 4 is 5.97 Å². The number of ether oxygens (including phenoxy) is 5. The average Bonchev–Trinajstić information content (AvgIpc) is 3.63. The second-order valence-electron chi connectivity index (χ2n) is 16.2. The van der Waals surface area contributed by atoms with Gasteiger partial charge in [0.2, 0.25) is 0 Å². The van der Waals surface area contributed by atoms with Gasteiger partial charge >= 0.3 is 5.97 Å². The second-order valence-corrected chi connectivity index (χ2v) is 16.2. The van der Waals surface area contributed by atoms with Crippen molar-refractivity contribution < 1.29 is 69.3 Å². The molecular weight excluding hydrogens is 644 g/mol. The molecule has 17 atom stereocenters. The Labute approximate surface area is 285 Å². The minimum absolute atomic E-state index is 0.0365. The van der Waals surface area contributed by atoms with Crippen LogP contribution < -0.4 is 0 Å². The highest BCUT2D eigenvalue weighted by atomic mass is 16.8. The zero-order valence-corrected chi connectivity index (χ0v) is 28.3. The van der Waals surface area contributed by atoms with E-state index in [9.17, 15) is 45.6 Å². The van der Waals surface area contributed by atoms with Gasteiger partial charge in [-0.05, 0) is 86.5 Å². The first-order chi connectivity index (χ1) is 23.3. The molecule has 3 heterocycles. The van der Waals surface area contributed by atoms with E-state index in [0.717, 1.165) is 44.1 Å². The van der Waals surface area contributed by atoms with Gasteiger partial charge in [-0.1, -0.05) is 19.4 Å². The molecule has 4 aliphatic carbocycles. The van der Waals surface area contributed by atoms with Gasteiger partial charge in [-0.25, -0.2) is 0 Å². The summed E-state index contributed by atoms with van der Waals surface area (Å²) in [6, 6.07) is 0. The van der Waals surface area contributed by atoms with Crippen molar-refractivity contribution in [2.24, 2.45) is 28.6 Å². The number of carbonyl (C=O) groups excluding carboxylic acids is 1. The van der Waals surface area contributed by atoms with Crippen molar-refractivity contribution in [2.75, 3.05) is 19.8 Å². The molecule has 4 saturated carbocycles. The summed E-state index contributed by atoms with van der Waals surface area (Å²) in [6.07, 6.45) is -7.60. The number of fused-ring (bicyclic) bond motifs is 5. The molecule has 0 bridgehead atoms. The zero-order chi connectivity index (χ0) is 35.0. The molecule has 7 aliphatic rings. The maximum absolute atomic E-state index is 12.5. The highest BCUT2D eigenvalue weighted by molar-refractivity contribution is 5.76. The minimum atomic E-state index is -1.74. The summed E-state index contributed by atoms with van der Waals surface area (Å²) in [5.41, 5.74) is 1.03. The van der Waals surface area contributed by atoms with Crippen LogP contribution in [0.4, 0.5) is 0 Å². The number of aliphatic hydroxyl groups excluding tert-OH is 7. The second kappa shape index (κ2) is 13.3. The fraction of sp³-hybridized carbons (Fsp3) is 0.914. The number of esters is 1. The summed E-state index contributed by atoms with van der Waals surface area (Å²) < 4.78 is 29.1. The molecule has 0 unspecified atom stereocenters. The molecule has 278 valence electrons. The van der Waals surface area contributed by atoms with Crippen molar-refractivity contribution in [3.63, 3.8) is 0 Å². The maximum Gasteiger partial charge on any atom is 0.310 e. The van der Waals surface area contributed by atoms with Crippen LogP contribution in [0.25, 0.3) is 0 Å². The number of hydrogen-bond donors (Lipinski definition) is 8. The van der Waals surface area contributed by atoms with Crippen LogP contribution in [0.2, 0.25) is 0 Å². The summed E-state index contributed by atoms with van der Waals surface area (Å²) in [5, 5.41) is 84.8. The number of rotatable bonds is 6. The van der Waals surface area contributed by atoms with E-state index in [0.29, 0.717) is 38.2 Å². The Balaban J connectivity index is 1.06. The van der Waals surface area contributed by atoms with Gasteiger partial charge in [-0.3, -0.25) is 4.79 Å². The smallest absolute Gasteiger partial charge is 0.310 e. The lowest BCUT2D eigenvalue weighted by molar-refractivity contribution is -0.373. The van der Waals surface area contributed by atoms with E-state index in [-0.39, 0.29) is 34.7 Å². The van der Waals surface area contributed by atoms with Gasteiger partial charge in [-0.2, -0.15) is 0 Å². The highest BCUT2D eigenvalue weighted by Crippen LogP contribution is 2.69. The van der Waals surface area contributed by atoms with Crippen molar-refractivity contribution in [1.29, 1.82) is 0 Å². The van der Waals surface area contributed by atoms with Gasteiger partial charge in [0, 0.05) is 5.41 Å². The molecule has 0 amide bonds. The first-order valence-electron chi connectivity index (χ1n) is 18.1. The topological polar surface area (TPSA) is 225 Å². The molecular formula is C35H54O14. The van der Waals surface area contributed by atoms with Gasteiger partial charge in [0.05, 0.1) is 31.3 Å². The van der Waals surface area contributed by atoms with Gasteiger partial charge in [0.1, 0.15) is 55.4 Å². The fourth-order valence-corrected chi connectivity index (χ4v) is 11.2. The monoisotopic (exact) mass is 698 g/mol. The molecule has 0 aromatic heterocycles. The van der Waals surface area contributed by atoms with Gasteiger partial charge in [0.25, 0.3) is 0 Å². The summed E-state index contributed by atoms with van der Waals surface area (Å²) in [4.78, 5) is 11.9. The van der Waals surface area contributed by atoms with E-state index >= 15 is 0 Å². The Bertz CT molecular complexity index is 1280. The average molecular weight is 699 g/mol. The van der Waals surface area contributed by atoms with Crippen molar-refractivity contribution in [2.45, 2.75) is 151 Å². The molecule has 49 heavy (non-hydrogen) atoms. The predicted octanol–water partition coefficient (Wildman–Crippen LogP) is -0.603. The first-order valence-corrected chi connectivity index (χ1v) is 18.1. The molecule has 7 rings (SSSR count). The molecule has 14 nitrogen and oxygen atoms in total. The van der Waals surface area contributed by atoms with E-state index < -0.39 is 80.2 Å². The van der Waals surface area contributed by atoms with Crippen molar-refractivity contribution in [1.82, 2.24) is 0 Å². The van der Waals surface area contributed by atoms with Crippen LogP contribution >= 0.6 is 0 Å². The summed E-state index contributed by atoms with van der Waals surface area (Å²) >= 11 is 0. The number of carbonyl (C=O) groups is 1. The summed E-state index contributed by atoms with van der Waals surface area (Å²) in [5.74, 6) is 0.560. The quantitative estimate of drug-likeness (QED) is 0.0986. The number of aliphatic hydroxyl groups is 8. The van der Waals surface area contributed by atoms with E-state index in [1.165, 1.54) is 5.57 Å². The lowest BCUT2D eigenvalue weighted by Gasteiger charge is -2.63. The zero-order valence-electron chi connectivity index (χ0n) is 28.3. The largest absolute Gasteiger partial charge is 0.461 e. The molecule has 14 heteroatoms. The Morgan fingerprint density at radius 2 is 1.47 bits per heavy atom. The Hall–Kier alpha value is -1.27. The lowest BCUT2D eigenvalue weighted by Crippen LogP contribution is -2.65. The molecule has 8 N–H and O–H groups in total. The Morgan fingerprint density at radius 3 is 2.14 bits per heavy atom. The fourth-order valence-electron chi connectivity index (χ4n) is 11.2. The van der Waals surface area contributed by atoms with E-state index in [4.69, 9.17) is 23.7 Å². The molecule has 3 saturated heterocycles. The van der Waals surface area contributed by atoms with Crippen LogP contribution in [-0.4, -0.2) is 140 Å². The van der Waals surface area contributed by atoms with Crippen LogP contribution in [0.3, 0.4) is 0 Å². The third-order valence-electron chi connectivity index (χ3n) is 14.1. The van der Waals surface area contributed by atoms with E-state index in [1.54, 1.807) is 0 Å². The molecule has 0 spiro atoms. The van der Waals surface area contributed by atoms with Crippen LogP contribution in [-0.2, 0) is 28.5 Å². The standard InChI is InChI=1S/C35H54O14/c1-33-8-5-18(46-32-30(28(42)26(40)23(14-37)48-32)49-31-29(43)27(41)25(39)22(13-36)47-31)12-17(33)3-4-21-20(33)6-9-34(2)19(7-10-35(21,34)44)16-11-24(38)45-15-16/h17-18,20-23,25-32,36-37,39-44H,3-15H2,1-2H3/b19-16-/t17-,18+,20-,21+,22-,23-,25+,26+,27+,28+,29+,30+,31+,32-,33+,34-,35-/m0/s1. The van der Waals surface area contributed by atoms with Gasteiger partial charge < -0.3 is 64.5 Å². The Morgan fingerprint density at radius 1 is 0.776 bits per heavy atom. The predicted molar refractivity (Wildman–Crippen MR) is 167 cm³/mol. The first kappa shape index (κ1) is 36.1. The van der Waals surface area contributed by atoms with E-state index in [2.05, 4.69) is 13.8 Å². The van der Waals surface area contributed by atoms with Crippen molar-refractivity contribution in [3.05, 3.63) is 11.1 Å². The maximum atomic E-state index is 12.5. The molecule has 0 aromatic carbocycles. The van der Waals surface area contributed by atoms with E-state index in [1.807, 2.05) is 0 Å². The minimum Gasteiger partial charge on any atom is -0.461 e. The van der Waals surface area contributed by atoms with Crippen LogP contribution in [0.15, 0.2) is 11.1 Å². The third-order valence-corrected chi connectivity index (χ3v) is 14.1. The van der Waals surface area contributed by atoms with Crippen molar-refractivity contribution in [3.8, 4) is 0 Å². The molecule has 0 radical (unpaired) electrons. The summed E-state index contributed by atoms with van der Waals surface area (Å²) in [6.45, 7) is 3.61. The highest BCUT2D eigenvalue weighted by Gasteiger charge is 2.66. The Kier molecular flexibility index (Phi) is 9.80. The molecule has 0 aromatic rings. The number of cyclic esters (lactones) is 1. The van der Waals surface area contributed by atoms with Crippen LogP contribution in [0.1, 0.15) is 78.1 Å². The van der Waals surface area contributed by atoms with Crippen LogP contribution in [0, 0.1) is 28.6 Å². The summed E-state index contributed by atoms with van der Waals surface area (Å²) in [7, 11) is 0. The van der Waals surface area contributed by atoms with Crippen LogP contribution in [0.5, 0.6) is 0 Å². The number of hydrogen-bond acceptors (Lipinski definition) is 14. The molecule has 7 fully saturated rings. The van der Waals surface area contributed by atoms with Gasteiger partial charge in [0.15, 0.2) is 12.6 Å². The van der Waals surface area contributed by atoms with Gasteiger partial charge in [-0.15, -0.1) is 0 Å². The normalized spacial score (nSPS) is 54.6.